The summed E-state index contributed by atoms with van der Waals surface area (Å²) in [6, 6.07) is 7.87. The first-order chi connectivity index (χ1) is 8.82. The van der Waals surface area contributed by atoms with Gasteiger partial charge in [-0.3, -0.25) is 4.79 Å². The molecule has 1 aromatic rings. The van der Waals surface area contributed by atoms with Crippen molar-refractivity contribution in [3.63, 3.8) is 0 Å². The summed E-state index contributed by atoms with van der Waals surface area (Å²) in [6.45, 7) is 10.00. The topological polar surface area (TPSA) is 20.3 Å². The van der Waals surface area contributed by atoms with E-state index in [1.807, 2.05) is 69.9 Å². The van der Waals surface area contributed by atoms with Crippen molar-refractivity contribution in [3.8, 4) is 0 Å². The zero-order chi connectivity index (χ0) is 14.6. The Morgan fingerprint density at radius 1 is 1.11 bits per heavy atom. The van der Waals surface area contributed by atoms with Gasteiger partial charge in [-0.05, 0) is 58.4 Å². The summed E-state index contributed by atoms with van der Waals surface area (Å²) in [6.07, 6.45) is 1.90. The van der Waals surface area contributed by atoms with E-state index in [1.165, 1.54) is 0 Å². The van der Waals surface area contributed by atoms with Gasteiger partial charge in [0.15, 0.2) is 0 Å². The lowest BCUT2D eigenvalue weighted by molar-refractivity contribution is -0.130. The lowest BCUT2D eigenvalue weighted by Gasteiger charge is -2.31. The summed E-state index contributed by atoms with van der Waals surface area (Å²) in [5.41, 5.74) is 1.73. The molecule has 0 aromatic heterocycles. The molecule has 104 valence electrons. The quantitative estimate of drug-likeness (QED) is 0.749. The highest BCUT2D eigenvalue weighted by Crippen LogP contribution is 2.16. The van der Waals surface area contributed by atoms with Crippen molar-refractivity contribution in [2.24, 2.45) is 0 Å². The van der Waals surface area contributed by atoms with Crippen LogP contribution in [0.3, 0.4) is 0 Å². The molecule has 2 nitrogen and oxygen atoms in total. The van der Waals surface area contributed by atoms with Gasteiger partial charge in [0.25, 0.3) is 0 Å². The van der Waals surface area contributed by atoms with Crippen molar-refractivity contribution < 1.29 is 4.79 Å². The van der Waals surface area contributed by atoms with E-state index < -0.39 is 0 Å². The van der Waals surface area contributed by atoms with Gasteiger partial charge in [-0.15, -0.1) is 0 Å². The van der Waals surface area contributed by atoms with Crippen molar-refractivity contribution in [2.75, 3.05) is 0 Å². The van der Waals surface area contributed by atoms with Gasteiger partial charge >= 0.3 is 0 Å². The maximum atomic E-state index is 12.4. The van der Waals surface area contributed by atoms with Gasteiger partial charge in [0.2, 0.25) is 5.91 Å². The van der Waals surface area contributed by atoms with Gasteiger partial charge < -0.3 is 4.90 Å². The molecule has 0 bridgehead atoms. The third-order valence-electron chi connectivity index (χ3n) is 2.94. The molecule has 0 saturated heterocycles. The maximum absolute atomic E-state index is 12.4. The second kappa shape index (κ2) is 6.76. The first-order valence-corrected chi connectivity index (χ1v) is 6.97. The summed E-state index contributed by atoms with van der Waals surface area (Å²) in [5.74, 6) is 0.0833. The molecule has 0 unspecified atom stereocenters. The third-order valence-corrected chi connectivity index (χ3v) is 3.19. The van der Waals surface area contributed by atoms with Crippen LogP contribution in [0.1, 0.15) is 40.2 Å². The van der Waals surface area contributed by atoms with E-state index in [2.05, 4.69) is 0 Å². The highest BCUT2D eigenvalue weighted by Gasteiger charge is 2.20. The largest absolute Gasteiger partial charge is 0.334 e. The van der Waals surface area contributed by atoms with E-state index in [0.717, 1.165) is 11.1 Å². The summed E-state index contributed by atoms with van der Waals surface area (Å²) >= 11 is 5.85. The second-order valence-electron chi connectivity index (χ2n) is 5.28. The van der Waals surface area contributed by atoms with Gasteiger partial charge in [-0.25, -0.2) is 0 Å². The minimum Gasteiger partial charge on any atom is -0.334 e. The summed E-state index contributed by atoms with van der Waals surface area (Å²) in [7, 11) is 0. The maximum Gasteiger partial charge on any atom is 0.249 e. The molecule has 1 aromatic carbocycles. The predicted octanol–water partition coefficient (Wildman–Crippen LogP) is 4.39. The van der Waals surface area contributed by atoms with Gasteiger partial charge in [0, 0.05) is 22.7 Å². The first kappa shape index (κ1) is 15.8. The zero-order valence-corrected chi connectivity index (χ0v) is 13.0. The molecule has 0 atom stereocenters. The molecule has 0 radical (unpaired) electrons. The van der Waals surface area contributed by atoms with Gasteiger partial charge in [0.05, 0.1) is 0 Å². The fourth-order valence-corrected chi connectivity index (χ4v) is 2.27. The number of benzene rings is 1. The Kier molecular flexibility index (Phi) is 5.61. The standard InChI is InChI=1S/C16H22ClNO/c1-11(2)18(12(3)4)16(19)13(5)10-14-6-8-15(17)9-7-14/h6-12H,1-5H3/b13-10+. The Morgan fingerprint density at radius 3 is 2.00 bits per heavy atom. The summed E-state index contributed by atoms with van der Waals surface area (Å²) < 4.78 is 0. The number of carbonyl (C=O) groups excluding carboxylic acids is 1. The fourth-order valence-electron chi connectivity index (χ4n) is 2.14. The normalized spacial score (nSPS) is 12.1. The Bertz CT molecular complexity index is 452. The number of hydrogen-bond donors (Lipinski definition) is 0. The van der Waals surface area contributed by atoms with Gasteiger partial charge in [0.1, 0.15) is 0 Å². The van der Waals surface area contributed by atoms with E-state index >= 15 is 0 Å². The molecule has 19 heavy (non-hydrogen) atoms. The molecule has 1 rings (SSSR count). The monoisotopic (exact) mass is 279 g/mol. The lowest BCUT2D eigenvalue weighted by atomic mass is 10.1. The smallest absolute Gasteiger partial charge is 0.249 e. The van der Waals surface area contributed by atoms with E-state index in [0.29, 0.717) is 5.02 Å². The average Bonchev–Trinajstić information content (AvgIpc) is 2.31. The van der Waals surface area contributed by atoms with Crippen LogP contribution in [0.4, 0.5) is 0 Å². The minimum absolute atomic E-state index is 0.0833. The number of nitrogens with zero attached hydrogens (tertiary/aromatic N) is 1. The molecule has 0 N–H and O–H groups in total. The Morgan fingerprint density at radius 2 is 1.58 bits per heavy atom. The second-order valence-corrected chi connectivity index (χ2v) is 5.72. The number of rotatable bonds is 4. The van der Waals surface area contributed by atoms with Crippen LogP contribution in [0.15, 0.2) is 29.8 Å². The van der Waals surface area contributed by atoms with Gasteiger partial charge in [-0.1, -0.05) is 23.7 Å². The molecule has 0 saturated carbocycles. The molecular formula is C16H22ClNO. The molecule has 0 heterocycles. The van der Waals surface area contributed by atoms with E-state index in [1.54, 1.807) is 0 Å². The molecule has 0 fully saturated rings. The molecule has 0 aliphatic heterocycles. The molecule has 3 heteroatoms. The highest BCUT2D eigenvalue weighted by molar-refractivity contribution is 6.30. The predicted molar refractivity (Wildman–Crippen MR) is 82.2 cm³/mol. The third kappa shape index (κ3) is 4.39. The van der Waals surface area contributed by atoms with Gasteiger partial charge in [-0.2, -0.15) is 0 Å². The van der Waals surface area contributed by atoms with Crippen LogP contribution in [0.2, 0.25) is 5.02 Å². The van der Waals surface area contributed by atoms with E-state index in [9.17, 15) is 4.79 Å². The van der Waals surface area contributed by atoms with Crippen LogP contribution >= 0.6 is 11.6 Å². The minimum atomic E-state index is 0.0833. The van der Waals surface area contributed by atoms with Crippen molar-refractivity contribution in [1.82, 2.24) is 4.90 Å². The Labute approximate surface area is 121 Å². The van der Waals surface area contributed by atoms with Crippen molar-refractivity contribution in [3.05, 3.63) is 40.4 Å². The number of carbonyl (C=O) groups is 1. The van der Waals surface area contributed by atoms with Crippen LogP contribution < -0.4 is 0 Å². The van der Waals surface area contributed by atoms with Crippen LogP contribution in [0.25, 0.3) is 6.08 Å². The Balaban J connectivity index is 2.95. The summed E-state index contributed by atoms with van der Waals surface area (Å²) in [4.78, 5) is 14.3. The molecule has 0 aliphatic carbocycles. The van der Waals surface area contributed by atoms with Crippen molar-refractivity contribution in [2.45, 2.75) is 46.7 Å². The molecule has 1 amide bonds. The number of hydrogen-bond acceptors (Lipinski definition) is 1. The van der Waals surface area contributed by atoms with E-state index in [-0.39, 0.29) is 18.0 Å². The zero-order valence-electron chi connectivity index (χ0n) is 12.3. The van der Waals surface area contributed by atoms with Crippen molar-refractivity contribution in [1.29, 1.82) is 0 Å². The molecular weight excluding hydrogens is 258 g/mol. The molecule has 0 spiro atoms. The van der Waals surface area contributed by atoms with Crippen LogP contribution in [0, 0.1) is 0 Å². The van der Waals surface area contributed by atoms with Crippen LogP contribution in [0.5, 0.6) is 0 Å². The SMILES string of the molecule is C/C(=C\c1ccc(Cl)cc1)C(=O)N(C(C)C)C(C)C. The lowest BCUT2D eigenvalue weighted by Crippen LogP contribution is -2.42. The van der Waals surface area contributed by atoms with Crippen LogP contribution in [-0.4, -0.2) is 22.9 Å². The molecule has 0 aliphatic rings. The van der Waals surface area contributed by atoms with E-state index in [4.69, 9.17) is 11.6 Å². The number of halogens is 1. The average molecular weight is 280 g/mol. The van der Waals surface area contributed by atoms with Crippen molar-refractivity contribution >= 4 is 23.6 Å². The first-order valence-electron chi connectivity index (χ1n) is 6.59. The number of amides is 1. The highest BCUT2D eigenvalue weighted by atomic mass is 35.5. The Hall–Kier alpha value is -1.28. The van der Waals surface area contributed by atoms with Crippen LogP contribution in [-0.2, 0) is 4.79 Å². The summed E-state index contributed by atoms with van der Waals surface area (Å²) in [5, 5.41) is 0.701. The fraction of sp³-hybridized carbons (Fsp3) is 0.438.